The molecule has 4 N–H and O–H groups in total. The second-order valence-electron chi connectivity index (χ2n) is 4.89. The maximum Gasteiger partial charge on any atom is 0.335 e. The number of benzene rings is 1. The number of phenols is 1. The van der Waals surface area contributed by atoms with Gasteiger partial charge in [-0.2, -0.15) is 0 Å². The molecule has 0 fully saturated rings. The fourth-order valence-corrected chi connectivity index (χ4v) is 1.94. The number of carbonyl (C=O) groups is 1. The molecule has 1 rings (SSSR count). The Bertz CT molecular complexity index is 574. The minimum Gasteiger partial charge on any atom is -0.508 e. The number of rotatable bonds is 8. The van der Waals surface area contributed by atoms with Gasteiger partial charge in [-0.15, -0.1) is 5.73 Å². The summed E-state index contributed by atoms with van der Waals surface area (Å²) in [6.07, 6.45) is -0.727. The van der Waals surface area contributed by atoms with Crippen molar-refractivity contribution in [1.29, 1.82) is 0 Å². The second-order valence-corrected chi connectivity index (χ2v) is 4.89. The summed E-state index contributed by atoms with van der Waals surface area (Å²) < 4.78 is 4.67. The lowest BCUT2D eigenvalue weighted by molar-refractivity contribution is -0.152. The van der Waals surface area contributed by atoms with Gasteiger partial charge in [0.05, 0.1) is 19.3 Å². The average Bonchev–Trinajstić information content (AvgIpc) is 2.54. The molecule has 0 unspecified atom stereocenters. The van der Waals surface area contributed by atoms with Gasteiger partial charge in [0, 0.05) is 18.4 Å². The summed E-state index contributed by atoms with van der Waals surface area (Å²) in [5.74, 6) is -0.757. The molecule has 0 saturated heterocycles. The topological polar surface area (TPSA) is 107 Å². The van der Waals surface area contributed by atoms with Crippen molar-refractivity contribution in [3.8, 4) is 5.75 Å². The zero-order chi connectivity index (χ0) is 17.2. The maximum atomic E-state index is 11.3. The highest BCUT2D eigenvalue weighted by Crippen LogP contribution is 2.25. The monoisotopic (exact) mass is 322 g/mol. The third-order valence-corrected chi connectivity index (χ3v) is 3.13. The van der Waals surface area contributed by atoms with E-state index in [0.29, 0.717) is 11.1 Å². The van der Waals surface area contributed by atoms with Crippen LogP contribution in [-0.4, -0.2) is 45.7 Å². The van der Waals surface area contributed by atoms with Gasteiger partial charge in [-0.05, 0) is 24.6 Å². The maximum absolute atomic E-state index is 11.3. The van der Waals surface area contributed by atoms with E-state index in [1.54, 1.807) is 25.1 Å². The molecular formula is C17H22O6. The molecule has 0 aliphatic rings. The van der Waals surface area contributed by atoms with E-state index in [-0.39, 0.29) is 31.8 Å². The van der Waals surface area contributed by atoms with E-state index in [1.165, 1.54) is 12.1 Å². The molecule has 0 amide bonds. The first kappa shape index (κ1) is 18.9. The third kappa shape index (κ3) is 6.26. The number of aliphatic hydroxyl groups excluding tert-OH is 3. The summed E-state index contributed by atoms with van der Waals surface area (Å²) in [5, 5.41) is 38.5. The van der Waals surface area contributed by atoms with E-state index in [2.05, 4.69) is 10.5 Å². The number of para-hydroxylation sites is 1. The SMILES string of the molecule is CCOC(=O)[C@H](O)CC(=C=CC[C@@H](O)c1ccccc1O)CO. The Hall–Kier alpha value is -2.11. The lowest BCUT2D eigenvalue weighted by atomic mass is 10.0. The molecule has 0 saturated carbocycles. The van der Waals surface area contributed by atoms with E-state index in [1.807, 2.05) is 0 Å². The number of hydrogen-bond donors (Lipinski definition) is 4. The lowest BCUT2D eigenvalue weighted by Crippen LogP contribution is -2.23. The number of esters is 1. The fourth-order valence-electron chi connectivity index (χ4n) is 1.94. The van der Waals surface area contributed by atoms with Crippen LogP contribution in [-0.2, 0) is 9.53 Å². The Labute approximate surface area is 135 Å². The Kier molecular flexibility index (Phi) is 8.08. The Balaban J connectivity index is 2.69. The van der Waals surface area contributed by atoms with Crippen LogP contribution in [0, 0.1) is 0 Å². The fraction of sp³-hybridized carbons (Fsp3) is 0.412. The Morgan fingerprint density at radius 3 is 2.65 bits per heavy atom. The number of aromatic hydroxyl groups is 1. The van der Waals surface area contributed by atoms with Crippen LogP contribution in [0.3, 0.4) is 0 Å². The zero-order valence-electron chi connectivity index (χ0n) is 13.0. The van der Waals surface area contributed by atoms with E-state index >= 15 is 0 Å². The quantitative estimate of drug-likeness (QED) is 0.423. The van der Waals surface area contributed by atoms with Gasteiger partial charge < -0.3 is 25.2 Å². The minimum absolute atomic E-state index is 0.00232. The van der Waals surface area contributed by atoms with E-state index in [0.717, 1.165) is 0 Å². The van der Waals surface area contributed by atoms with Gasteiger partial charge >= 0.3 is 5.97 Å². The number of ether oxygens (including phenoxy) is 1. The summed E-state index contributed by atoms with van der Waals surface area (Å²) in [6.45, 7) is 1.42. The number of aliphatic hydroxyl groups is 3. The highest BCUT2D eigenvalue weighted by Gasteiger charge is 2.17. The van der Waals surface area contributed by atoms with Crippen LogP contribution in [0.5, 0.6) is 5.75 Å². The van der Waals surface area contributed by atoms with Crippen LogP contribution in [0.15, 0.2) is 41.6 Å². The van der Waals surface area contributed by atoms with Crippen LogP contribution in [0.4, 0.5) is 0 Å². The van der Waals surface area contributed by atoms with Gasteiger partial charge in [-0.3, -0.25) is 0 Å². The van der Waals surface area contributed by atoms with Crippen LogP contribution >= 0.6 is 0 Å². The zero-order valence-corrected chi connectivity index (χ0v) is 13.0. The predicted octanol–water partition coefficient (Wildman–Crippen LogP) is 1.20. The van der Waals surface area contributed by atoms with Crippen molar-refractivity contribution in [2.45, 2.75) is 32.0 Å². The molecule has 6 heteroatoms. The number of phenolic OH excluding ortho intramolecular Hbond substituents is 1. The molecule has 2 atom stereocenters. The summed E-state index contributed by atoms with van der Waals surface area (Å²) >= 11 is 0. The molecule has 6 nitrogen and oxygen atoms in total. The van der Waals surface area contributed by atoms with Gasteiger partial charge in [-0.25, -0.2) is 4.79 Å². The van der Waals surface area contributed by atoms with Crippen molar-refractivity contribution in [2.24, 2.45) is 0 Å². The van der Waals surface area contributed by atoms with E-state index in [4.69, 9.17) is 0 Å². The molecular weight excluding hydrogens is 300 g/mol. The molecule has 0 aliphatic heterocycles. The van der Waals surface area contributed by atoms with Gasteiger partial charge in [0.2, 0.25) is 0 Å². The predicted molar refractivity (Wildman–Crippen MR) is 83.6 cm³/mol. The molecule has 1 aromatic carbocycles. The van der Waals surface area contributed by atoms with Crippen LogP contribution in [0.25, 0.3) is 0 Å². The van der Waals surface area contributed by atoms with Gasteiger partial charge in [0.15, 0.2) is 6.10 Å². The Morgan fingerprint density at radius 1 is 1.35 bits per heavy atom. The van der Waals surface area contributed by atoms with Crippen molar-refractivity contribution >= 4 is 5.97 Å². The van der Waals surface area contributed by atoms with Crippen LogP contribution in [0.2, 0.25) is 0 Å². The van der Waals surface area contributed by atoms with Gasteiger partial charge in [-0.1, -0.05) is 18.2 Å². The molecule has 23 heavy (non-hydrogen) atoms. The highest BCUT2D eigenvalue weighted by atomic mass is 16.5. The normalized spacial score (nSPS) is 12.9. The van der Waals surface area contributed by atoms with Gasteiger partial charge in [0.25, 0.3) is 0 Å². The first-order valence-electron chi connectivity index (χ1n) is 7.34. The van der Waals surface area contributed by atoms with Crippen LogP contribution in [0.1, 0.15) is 31.4 Å². The molecule has 0 bridgehead atoms. The van der Waals surface area contributed by atoms with Crippen molar-refractivity contribution in [2.75, 3.05) is 13.2 Å². The molecule has 126 valence electrons. The van der Waals surface area contributed by atoms with Gasteiger partial charge in [0.1, 0.15) is 5.75 Å². The first-order chi connectivity index (χ1) is 11.0. The first-order valence-corrected chi connectivity index (χ1v) is 7.34. The molecule has 0 aliphatic carbocycles. The second kappa shape index (κ2) is 9.82. The summed E-state index contributed by atoms with van der Waals surface area (Å²) in [4.78, 5) is 11.3. The van der Waals surface area contributed by atoms with Crippen molar-refractivity contribution in [1.82, 2.24) is 0 Å². The average molecular weight is 322 g/mol. The van der Waals surface area contributed by atoms with E-state index in [9.17, 15) is 25.2 Å². The summed E-state index contributed by atoms with van der Waals surface area (Å²) in [6, 6.07) is 6.44. The Morgan fingerprint density at radius 2 is 2.04 bits per heavy atom. The highest BCUT2D eigenvalue weighted by molar-refractivity contribution is 5.74. The molecule has 0 aromatic heterocycles. The number of carbonyl (C=O) groups excluding carboxylic acids is 1. The summed E-state index contributed by atoms with van der Waals surface area (Å²) in [5.41, 5.74) is 3.46. The van der Waals surface area contributed by atoms with Crippen molar-refractivity contribution in [3.05, 3.63) is 47.2 Å². The standard InChI is InChI=1S/C17H22O6/c1-2-23-17(22)16(21)10-12(11-18)6-5-9-15(20)13-7-3-4-8-14(13)19/h3-5,7-8,15-16,18-21H,2,9-11H2,1H3/t6?,15-,16-/m1/s1. The molecule has 1 aromatic rings. The molecule has 0 radical (unpaired) electrons. The smallest absolute Gasteiger partial charge is 0.335 e. The van der Waals surface area contributed by atoms with Crippen molar-refractivity contribution in [3.63, 3.8) is 0 Å². The largest absolute Gasteiger partial charge is 0.508 e. The molecule has 0 spiro atoms. The van der Waals surface area contributed by atoms with Crippen LogP contribution < -0.4 is 0 Å². The third-order valence-electron chi connectivity index (χ3n) is 3.13. The number of hydrogen-bond acceptors (Lipinski definition) is 6. The van der Waals surface area contributed by atoms with Crippen molar-refractivity contribution < 1.29 is 30.0 Å². The lowest BCUT2D eigenvalue weighted by Gasteiger charge is -2.10. The molecule has 0 heterocycles. The van der Waals surface area contributed by atoms with E-state index < -0.39 is 18.2 Å². The summed E-state index contributed by atoms with van der Waals surface area (Å²) in [7, 11) is 0. The minimum atomic E-state index is -1.36.